The maximum Gasteiger partial charge on any atom is 0.253 e. The van der Waals surface area contributed by atoms with E-state index < -0.39 is 10.0 Å². The van der Waals surface area contributed by atoms with Gasteiger partial charge in [-0.05, 0) is 50.1 Å². The number of sulfonamides is 1. The average Bonchev–Trinajstić information content (AvgIpc) is 2.70. The molecular formula is C23H27N3O4S. The number of hydrogen-bond acceptors (Lipinski definition) is 5. The fourth-order valence-corrected chi connectivity index (χ4v) is 4.68. The van der Waals surface area contributed by atoms with Crippen molar-refractivity contribution < 1.29 is 17.9 Å². The molecule has 1 heterocycles. The summed E-state index contributed by atoms with van der Waals surface area (Å²) < 4.78 is 31.9. The summed E-state index contributed by atoms with van der Waals surface area (Å²) in [5, 5.41) is 3.76. The Morgan fingerprint density at radius 3 is 2.39 bits per heavy atom. The second-order valence-corrected chi connectivity index (χ2v) is 9.46. The first-order valence-electron chi connectivity index (χ1n) is 9.98. The first kappa shape index (κ1) is 22.7. The van der Waals surface area contributed by atoms with Crippen LogP contribution >= 0.6 is 0 Å². The van der Waals surface area contributed by atoms with Gasteiger partial charge in [0.05, 0.1) is 29.6 Å². The third-order valence-corrected chi connectivity index (χ3v) is 6.25. The molecule has 0 atom stereocenters. The van der Waals surface area contributed by atoms with E-state index in [0.29, 0.717) is 29.1 Å². The summed E-state index contributed by atoms with van der Waals surface area (Å²) in [6.07, 6.45) is 0. The van der Waals surface area contributed by atoms with Gasteiger partial charge in [-0.2, -0.15) is 0 Å². The number of nitrogens with zero attached hydrogens (tertiary/aromatic N) is 1. The molecule has 0 unspecified atom stereocenters. The van der Waals surface area contributed by atoms with Crippen molar-refractivity contribution in [2.75, 3.05) is 7.11 Å². The number of ether oxygens (including phenoxy) is 1. The molecule has 0 saturated heterocycles. The molecule has 0 aliphatic heterocycles. The molecule has 164 valence electrons. The van der Waals surface area contributed by atoms with Crippen LogP contribution in [0.15, 0.2) is 48.5 Å². The third kappa shape index (κ3) is 6.02. The highest BCUT2D eigenvalue weighted by Crippen LogP contribution is 2.21. The molecule has 0 bridgehead atoms. The van der Waals surface area contributed by atoms with E-state index in [4.69, 9.17) is 4.74 Å². The average molecular weight is 442 g/mol. The van der Waals surface area contributed by atoms with Gasteiger partial charge in [0.1, 0.15) is 5.75 Å². The lowest BCUT2D eigenvalue weighted by Crippen LogP contribution is -2.31. The van der Waals surface area contributed by atoms with Crippen LogP contribution in [0.3, 0.4) is 0 Å². The minimum Gasteiger partial charge on any atom is -0.497 e. The van der Waals surface area contributed by atoms with Gasteiger partial charge >= 0.3 is 0 Å². The highest BCUT2D eigenvalue weighted by Gasteiger charge is 2.14. The molecule has 0 fully saturated rings. The standard InChI is InChI=1S/C23H27N3O4S/c1-15(2)26-31(28,29)14-18-7-5-17(6-8-18)13-24-23(27)21-11-19-9-10-20(30-4)12-22(19)25-16(21)3/h5-12,15,26H,13-14H2,1-4H3,(H,24,27). The Labute approximate surface area is 182 Å². The lowest BCUT2D eigenvalue weighted by molar-refractivity contribution is 0.0950. The predicted octanol–water partition coefficient (Wildman–Crippen LogP) is 3.31. The molecule has 1 amide bonds. The van der Waals surface area contributed by atoms with Crippen LogP contribution in [0.25, 0.3) is 10.9 Å². The second-order valence-electron chi connectivity index (χ2n) is 7.71. The number of carbonyl (C=O) groups is 1. The number of aryl methyl sites for hydroxylation is 1. The topological polar surface area (TPSA) is 97.4 Å². The smallest absolute Gasteiger partial charge is 0.253 e. The van der Waals surface area contributed by atoms with E-state index in [1.165, 1.54) is 0 Å². The Balaban J connectivity index is 1.66. The maximum absolute atomic E-state index is 12.7. The Kier molecular flexibility index (Phi) is 6.92. The van der Waals surface area contributed by atoms with Gasteiger partial charge in [0.2, 0.25) is 10.0 Å². The number of aromatic nitrogens is 1. The van der Waals surface area contributed by atoms with Crippen molar-refractivity contribution >= 4 is 26.8 Å². The predicted molar refractivity (Wildman–Crippen MR) is 122 cm³/mol. The van der Waals surface area contributed by atoms with Crippen LogP contribution in [-0.4, -0.2) is 32.5 Å². The molecule has 1 aromatic heterocycles. The highest BCUT2D eigenvalue weighted by molar-refractivity contribution is 7.88. The highest BCUT2D eigenvalue weighted by atomic mass is 32.2. The zero-order chi connectivity index (χ0) is 22.6. The molecule has 8 heteroatoms. The second kappa shape index (κ2) is 9.45. The molecule has 0 spiro atoms. The summed E-state index contributed by atoms with van der Waals surface area (Å²) in [4.78, 5) is 17.2. The van der Waals surface area contributed by atoms with Crippen LogP contribution in [0.5, 0.6) is 5.75 Å². The molecule has 0 radical (unpaired) electrons. The molecule has 2 aromatic carbocycles. The molecule has 3 aromatic rings. The number of benzene rings is 2. The van der Waals surface area contributed by atoms with Gasteiger partial charge in [-0.25, -0.2) is 13.1 Å². The monoisotopic (exact) mass is 441 g/mol. The number of fused-ring (bicyclic) bond motifs is 1. The van der Waals surface area contributed by atoms with Gasteiger partial charge in [-0.1, -0.05) is 24.3 Å². The summed E-state index contributed by atoms with van der Waals surface area (Å²) in [6, 6.07) is 14.4. The van der Waals surface area contributed by atoms with Crippen molar-refractivity contribution in [1.82, 2.24) is 15.0 Å². The van der Waals surface area contributed by atoms with Crippen LogP contribution in [0.2, 0.25) is 0 Å². The number of nitrogens with one attached hydrogen (secondary N) is 2. The van der Waals surface area contributed by atoms with Gasteiger partial charge in [-0.3, -0.25) is 9.78 Å². The molecule has 0 saturated carbocycles. The largest absolute Gasteiger partial charge is 0.497 e. The van der Waals surface area contributed by atoms with Crippen molar-refractivity contribution in [2.24, 2.45) is 0 Å². The molecule has 3 rings (SSSR count). The van der Waals surface area contributed by atoms with Crippen LogP contribution in [0, 0.1) is 6.92 Å². The lowest BCUT2D eigenvalue weighted by Gasteiger charge is -2.11. The van der Waals surface area contributed by atoms with Gasteiger partial charge in [-0.15, -0.1) is 0 Å². The van der Waals surface area contributed by atoms with Crippen molar-refractivity contribution in [3.63, 3.8) is 0 Å². The number of amides is 1. The first-order chi connectivity index (χ1) is 14.7. The zero-order valence-corrected chi connectivity index (χ0v) is 18.9. The van der Waals surface area contributed by atoms with E-state index in [0.717, 1.165) is 16.5 Å². The van der Waals surface area contributed by atoms with E-state index in [9.17, 15) is 13.2 Å². The van der Waals surface area contributed by atoms with Crippen molar-refractivity contribution in [2.45, 2.75) is 39.1 Å². The van der Waals surface area contributed by atoms with Crippen molar-refractivity contribution in [1.29, 1.82) is 0 Å². The maximum atomic E-state index is 12.7. The van der Waals surface area contributed by atoms with Crippen LogP contribution in [-0.2, 0) is 22.3 Å². The van der Waals surface area contributed by atoms with E-state index in [1.54, 1.807) is 40.0 Å². The normalized spacial score (nSPS) is 11.6. The Hall–Kier alpha value is -2.97. The fourth-order valence-electron chi connectivity index (χ4n) is 3.25. The lowest BCUT2D eigenvalue weighted by atomic mass is 10.1. The quantitative estimate of drug-likeness (QED) is 0.559. The molecule has 31 heavy (non-hydrogen) atoms. The number of rotatable bonds is 8. The summed E-state index contributed by atoms with van der Waals surface area (Å²) in [5.41, 5.74) is 3.48. The Bertz CT molecular complexity index is 1190. The summed E-state index contributed by atoms with van der Waals surface area (Å²) in [7, 11) is -1.77. The van der Waals surface area contributed by atoms with E-state index in [2.05, 4.69) is 15.0 Å². The van der Waals surface area contributed by atoms with E-state index in [1.807, 2.05) is 36.4 Å². The molecule has 0 aliphatic carbocycles. The van der Waals surface area contributed by atoms with Gasteiger partial charge in [0, 0.05) is 24.0 Å². The van der Waals surface area contributed by atoms with Crippen LogP contribution in [0.4, 0.5) is 0 Å². The molecule has 7 nitrogen and oxygen atoms in total. The zero-order valence-electron chi connectivity index (χ0n) is 18.1. The summed E-state index contributed by atoms with van der Waals surface area (Å²) in [6.45, 7) is 5.70. The summed E-state index contributed by atoms with van der Waals surface area (Å²) >= 11 is 0. The number of carbonyl (C=O) groups excluding carboxylic acids is 1. The Morgan fingerprint density at radius 2 is 1.74 bits per heavy atom. The number of hydrogen-bond donors (Lipinski definition) is 2. The SMILES string of the molecule is COc1ccc2cc(C(=O)NCc3ccc(CS(=O)(=O)NC(C)C)cc3)c(C)nc2c1. The molecular weight excluding hydrogens is 414 g/mol. The van der Waals surface area contributed by atoms with E-state index in [-0.39, 0.29) is 17.7 Å². The first-order valence-corrected chi connectivity index (χ1v) is 11.6. The Morgan fingerprint density at radius 1 is 1.06 bits per heavy atom. The van der Waals surface area contributed by atoms with E-state index >= 15 is 0 Å². The number of pyridine rings is 1. The van der Waals surface area contributed by atoms with Gasteiger partial charge in [0.25, 0.3) is 5.91 Å². The van der Waals surface area contributed by atoms with Crippen LogP contribution < -0.4 is 14.8 Å². The number of methoxy groups -OCH3 is 1. The minimum absolute atomic E-state index is 0.0788. The molecule has 2 N–H and O–H groups in total. The van der Waals surface area contributed by atoms with Gasteiger partial charge in [0.15, 0.2) is 0 Å². The fraction of sp³-hybridized carbons (Fsp3) is 0.304. The van der Waals surface area contributed by atoms with Crippen LogP contribution in [0.1, 0.15) is 41.0 Å². The molecule has 0 aliphatic rings. The van der Waals surface area contributed by atoms with Gasteiger partial charge < -0.3 is 10.1 Å². The third-order valence-electron chi connectivity index (χ3n) is 4.71. The van der Waals surface area contributed by atoms with Crippen molar-refractivity contribution in [3.8, 4) is 5.75 Å². The van der Waals surface area contributed by atoms with Crippen molar-refractivity contribution in [3.05, 3.63) is 70.9 Å². The minimum atomic E-state index is -3.37. The summed E-state index contributed by atoms with van der Waals surface area (Å²) in [5.74, 6) is 0.424.